The van der Waals surface area contributed by atoms with Gasteiger partial charge in [-0.1, -0.05) is 91.0 Å². The van der Waals surface area contributed by atoms with Gasteiger partial charge in [-0.2, -0.15) is 5.10 Å². The van der Waals surface area contributed by atoms with Gasteiger partial charge in [0.1, 0.15) is 5.71 Å². The van der Waals surface area contributed by atoms with Crippen LogP contribution in [0.1, 0.15) is 34.8 Å². The van der Waals surface area contributed by atoms with E-state index in [4.69, 9.17) is 0 Å². The van der Waals surface area contributed by atoms with Crippen LogP contribution in [0.4, 0.5) is 0 Å². The Morgan fingerprint density at radius 3 is 1.81 bits per heavy atom. The van der Waals surface area contributed by atoms with E-state index in [-0.39, 0.29) is 5.78 Å². The van der Waals surface area contributed by atoms with Crippen LogP contribution in [0, 0.1) is 0 Å². The van der Waals surface area contributed by atoms with Gasteiger partial charge in [0.15, 0.2) is 0 Å². The summed E-state index contributed by atoms with van der Waals surface area (Å²) in [5, 5.41) is 8.68. The maximum absolute atomic E-state index is 12.9. The van der Waals surface area contributed by atoms with Gasteiger partial charge in [-0.3, -0.25) is 4.79 Å². The fourth-order valence-corrected chi connectivity index (χ4v) is 2.71. The summed E-state index contributed by atoms with van der Waals surface area (Å²) in [5.74, 6) is -0.124. The van der Waals surface area contributed by atoms with E-state index in [9.17, 15) is 4.79 Å². The summed E-state index contributed by atoms with van der Waals surface area (Å²) in [6, 6.07) is 29.0. The van der Waals surface area contributed by atoms with Gasteiger partial charge in [0, 0.05) is 16.8 Å². The number of benzene rings is 3. The molecule has 27 heavy (non-hydrogen) atoms. The zero-order chi connectivity index (χ0) is 18.9. The monoisotopic (exact) mass is 354 g/mol. The first-order valence-corrected chi connectivity index (χ1v) is 9.04. The van der Waals surface area contributed by atoms with Crippen molar-refractivity contribution < 1.29 is 4.79 Å². The first kappa shape index (κ1) is 18.5. The smallest absolute Gasteiger partial charge is 0.213 e. The molecular weight excluding hydrogens is 332 g/mol. The van der Waals surface area contributed by atoms with Crippen LogP contribution in [0.2, 0.25) is 0 Å². The van der Waals surface area contributed by atoms with Gasteiger partial charge in [0.2, 0.25) is 5.78 Å². The second-order valence-electron chi connectivity index (χ2n) is 6.33. The molecule has 0 N–H and O–H groups in total. The summed E-state index contributed by atoms with van der Waals surface area (Å²) in [6.07, 6.45) is 1.70. The SMILES string of the molecule is C/C(CCc1ccccc1)=N\N=C(\C(=O)c1ccccc1)c1ccccc1. The van der Waals surface area contributed by atoms with Crippen molar-refractivity contribution in [1.29, 1.82) is 0 Å². The molecule has 0 aliphatic heterocycles. The predicted octanol–water partition coefficient (Wildman–Crippen LogP) is 5.37. The Morgan fingerprint density at radius 2 is 1.22 bits per heavy atom. The maximum Gasteiger partial charge on any atom is 0.213 e. The minimum Gasteiger partial charge on any atom is -0.287 e. The second-order valence-corrected chi connectivity index (χ2v) is 6.33. The quantitative estimate of drug-likeness (QED) is 0.320. The van der Waals surface area contributed by atoms with Crippen LogP contribution in [0.25, 0.3) is 0 Å². The third-order valence-electron chi connectivity index (χ3n) is 4.24. The zero-order valence-corrected chi connectivity index (χ0v) is 15.4. The maximum atomic E-state index is 12.9. The highest BCUT2D eigenvalue weighted by Gasteiger charge is 2.16. The highest BCUT2D eigenvalue weighted by atomic mass is 16.1. The molecule has 134 valence electrons. The van der Waals surface area contributed by atoms with Gasteiger partial charge in [-0.15, -0.1) is 5.10 Å². The van der Waals surface area contributed by atoms with Crippen molar-refractivity contribution in [3.05, 3.63) is 108 Å². The number of nitrogens with zero attached hydrogens (tertiary/aromatic N) is 2. The largest absolute Gasteiger partial charge is 0.287 e. The number of aryl methyl sites for hydroxylation is 1. The van der Waals surface area contributed by atoms with E-state index in [1.807, 2.05) is 73.7 Å². The van der Waals surface area contributed by atoms with Crippen LogP contribution in [0.3, 0.4) is 0 Å². The minimum absolute atomic E-state index is 0.124. The number of hydrogen-bond acceptors (Lipinski definition) is 3. The number of hydrogen-bond donors (Lipinski definition) is 0. The number of carbonyl (C=O) groups is 1. The topological polar surface area (TPSA) is 41.8 Å². The average Bonchev–Trinajstić information content (AvgIpc) is 2.74. The van der Waals surface area contributed by atoms with Gasteiger partial charge >= 0.3 is 0 Å². The third-order valence-corrected chi connectivity index (χ3v) is 4.24. The Kier molecular flexibility index (Phi) is 6.42. The second kappa shape index (κ2) is 9.39. The lowest BCUT2D eigenvalue weighted by Gasteiger charge is -2.05. The first-order valence-electron chi connectivity index (χ1n) is 9.04. The van der Waals surface area contributed by atoms with E-state index in [2.05, 4.69) is 22.3 Å². The molecule has 0 heterocycles. The molecule has 0 saturated heterocycles. The number of rotatable bonds is 7. The van der Waals surface area contributed by atoms with E-state index >= 15 is 0 Å². The molecule has 0 amide bonds. The van der Waals surface area contributed by atoms with E-state index in [1.54, 1.807) is 12.1 Å². The lowest BCUT2D eigenvalue weighted by Crippen LogP contribution is -2.15. The van der Waals surface area contributed by atoms with Crippen molar-refractivity contribution >= 4 is 17.2 Å². The Balaban J connectivity index is 1.82. The van der Waals surface area contributed by atoms with Crippen molar-refractivity contribution in [1.82, 2.24) is 0 Å². The fraction of sp³-hybridized carbons (Fsp3) is 0.125. The summed E-state index contributed by atoms with van der Waals surface area (Å²) >= 11 is 0. The van der Waals surface area contributed by atoms with Gasteiger partial charge in [-0.25, -0.2) is 0 Å². The third kappa shape index (κ3) is 5.32. The van der Waals surface area contributed by atoms with Gasteiger partial charge in [0.25, 0.3) is 0 Å². The summed E-state index contributed by atoms with van der Waals surface area (Å²) in [6.45, 7) is 1.95. The lowest BCUT2D eigenvalue weighted by atomic mass is 10.0. The van der Waals surface area contributed by atoms with Crippen molar-refractivity contribution in [2.24, 2.45) is 10.2 Å². The molecule has 0 bridgehead atoms. The first-order chi connectivity index (χ1) is 13.2. The van der Waals surface area contributed by atoms with Crippen LogP contribution in [-0.4, -0.2) is 17.2 Å². The van der Waals surface area contributed by atoms with Crippen LogP contribution in [-0.2, 0) is 6.42 Å². The molecule has 0 fully saturated rings. The molecular formula is C24H22N2O. The van der Waals surface area contributed by atoms with E-state index < -0.39 is 0 Å². The molecule has 3 heteroatoms. The molecule has 0 radical (unpaired) electrons. The molecule has 3 rings (SSSR count). The number of carbonyl (C=O) groups excluding carboxylic acids is 1. The van der Waals surface area contributed by atoms with Crippen LogP contribution in [0.15, 0.2) is 101 Å². The molecule has 0 aliphatic rings. The predicted molar refractivity (Wildman–Crippen MR) is 112 cm³/mol. The number of Topliss-reactive ketones (excluding diaryl/α,β-unsaturated/α-hetero) is 1. The Labute approximate surface area is 160 Å². The Morgan fingerprint density at radius 1 is 0.704 bits per heavy atom. The number of ketones is 1. The average molecular weight is 354 g/mol. The van der Waals surface area contributed by atoms with Gasteiger partial charge < -0.3 is 0 Å². The van der Waals surface area contributed by atoms with E-state index in [0.29, 0.717) is 11.3 Å². The Hall–Kier alpha value is -3.33. The Bertz CT molecular complexity index is 930. The lowest BCUT2D eigenvalue weighted by molar-refractivity contribution is 0.106. The zero-order valence-electron chi connectivity index (χ0n) is 15.4. The molecule has 0 saturated carbocycles. The molecule has 0 unspecified atom stereocenters. The van der Waals surface area contributed by atoms with Crippen LogP contribution < -0.4 is 0 Å². The summed E-state index contributed by atoms with van der Waals surface area (Å²) < 4.78 is 0. The van der Waals surface area contributed by atoms with Crippen molar-refractivity contribution in [2.75, 3.05) is 0 Å². The molecule has 0 aromatic heterocycles. The standard InChI is InChI=1S/C24H22N2O/c1-19(17-18-20-11-5-2-6-12-20)25-26-23(21-13-7-3-8-14-21)24(27)22-15-9-4-10-16-22/h2-16H,17-18H2,1H3/b25-19+,26-23+. The molecule has 0 atom stereocenters. The highest BCUT2D eigenvalue weighted by Crippen LogP contribution is 2.10. The normalized spacial score (nSPS) is 12.0. The summed E-state index contributed by atoms with van der Waals surface area (Å²) in [5.41, 5.74) is 3.90. The minimum atomic E-state index is -0.124. The highest BCUT2D eigenvalue weighted by molar-refractivity contribution is 6.51. The van der Waals surface area contributed by atoms with Crippen LogP contribution >= 0.6 is 0 Å². The summed E-state index contributed by atoms with van der Waals surface area (Å²) in [7, 11) is 0. The van der Waals surface area contributed by atoms with Crippen molar-refractivity contribution in [3.8, 4) is 0 Å². The molecule has 0 aliphatic carbocycles. The fourth-order valence-electron chi connectivity index (χ4n) is 2.71. The van der Waals surface area contributed by atoms with Crippen molar-refractivity contribution in [2.45, 2.75) is 19.8 Å². The van der Waals surface area contributed by atoms with Gasteiger partial charge in [0.05, 0.1) is 0 Å². The molecule has 3 aromatic rings. The summed E-state index contributed by atoms with van der Waals surface area (Å²) in [4.78, 5) is 12.9. The molecule has 0 spiro atoms. The van der Waals surface area contributed by atoms with E-state index in [1.165, 1.54) is 5.56 Å². The van der Waals surface area contributed by atoms with E-state index in [0.717, 1.165) is 24.1 Å². The van der Waals surface area contributed by atoms with Crippen molar-refractivity contribution in [3.63, 3.8) is 0 Å². The molecule has 3 nitrogen and oxygen atoms in total. The van der Waals surface area contributed by atoms with Gasteiger partial charge in [-0.05, 0) is 25.3 Å². The molecule has 3 aromatic carbocycles. The van der Waals surface area contributed by atoms with Crippen LogP contribution in [0.5, 0.6) is 0 Å².